The molecule has 1 saturated carbocycles. The first-order valence-corrected chi connectivity index (χ1v) is 7.91. The molecule has 1 aromatic rings. The molecule has 3 heteroatoms. The van der Waals surface area contributed by atoms with Gasteiger partial charge < -0.3 is 5.32 Å². The number of hydrogen-bond acceptors (Lipinski definition) is 2. The average molecular weight is 288 g/mol. The predicted molar refractivity (Wildman–Crippen MR) is 83.0 cm³/mol. The monoisotopic (exact) mass is 288 g/mol. The topological polar surface area (TPSA) is 35.8 Å². The Morgan fingerprint density at radius 1 is 1.33 bits per heavy atom. The van der Waals surface area contributed by atoms with E-state index in [9.17, 15) is 4.39 Å². The van der Waals surface area contributed by atoms with Gasteiger partial charge in [0.1, 0.15) is 5.82 Å². The number of nitriles is 1. The second-order valence-electron chi connectivity index (χ2n) is 6.60. The molecule has 1 aromatic carbocycles. The Kier molecular flexibility index (Phi) is 5.36. The highest BCUT2D eigenvalue weighted by molar-refractivity contribution is 5.17. The zero-order chi connectivity index (χ0) is 15.3. The van der Waals surface area contributed by atoms with Crippen LogP contribution in [0.5, 0.6) is 0 Å². The van der Waals surface area contributed by atoms with Crippen LogP contribution < -0.4 is 5.32 Å². The molecule has 0 bridgehead atoms. The Bertz CT molecular complexity index is 496. The van der Waals surface area contributed by atoms with Gasteiger partial charge in [0, 0.05) is 24.6 Å². The lowest BCUT2D eigenvalue weighted by Gasteiger charge is -2.42. The van der Waals surface area contributed by atoms with Crippen LogP contribution in [0.25, 0.3) is 0 Å². The van der Waals surface area contributed by atoms with Crippen molar-refractivity contribution in [3.63, 3.8) is 0 Å². The third-order valence-corrected chi connectivity index (χ3v) is 5.18. The fourth-order valence-electron chi connectivity index (χ4n) is 3.41. The summed E-state index contributed by atoms with van der Waals surface area (Å²) >= 11 is 0. The van der Waals surface area contributed by atoms with Gasteiger partial charge in [-0.05, 0) is 43.1 Å². The Labute approximate surface area is 127 Å². The molecule has 21 heavy (non-hydrogen) atoms. The van der Waals surface area contributed by atoms with Gasteiger partial charge in [0.05, 0.1) is 6.07 Å². The predicted octanol–water partition coefficient (Wildman–Crippen LogP) is 4.41. The molecule has 114 valence electrons. The molecule has 0 aliphatic heterocycles. The Morgan fingerprint density at radius 2 is 2.00 bits per heavy atom. The normalized spacial score (nSPS) is 25.8. The molecule has 2 nitrogen and oxygen atoms in total. The van der Waals surface area contributed by atoms with E-state index in [4.69, 9.17) is 5.26 Å². The fraction of sp³-hybridized carbons (Fsp3) is 0.611. The zero-order valence-electron chi connectivity index (χ0n) is 13.0. The van der Waals surface area contributed by atoms with Gasteiger partial charge in [-0.1, -0.05) is 32.0 Å². The Hall–Kier alpha value is -1.40. The number of halogens is 1. The molecule has 0 amide bonds. The van der Waals surface area contributed by atoms with Gasteiger partial charge in [-0.2, -0.15) is 5.26 Å². The van der Waals surface area contributed by atoms with E-state index in [0.29, 0.717) is 24.9 Å². The first-order chi connectivity index (χ1) is 10.1. The molecule has 1 aliphatic carbocycles. The van der Waals surface area contributed by atoms with Crippen molar-refractivity contribution in [1.29, 1.82) is 5.26 Å². The Balaban J connectivity index is 1.87. The van der Waals surface area contributed by atoms with Crippen LogP contribution in [-0.4, -0.2) is 6.04 Å². The number of hydrogen-bond donors (Lipinski definition) is 1. The quantitative estimate of drug-likeness (QED) is 0.871. The molecular weight excluding hydrogens is 263 g/mol. The average Bonchev–Trinajstić information content (AvgIpc) is 2.48. The van der Waals surface area contributed by atoms with Crippen LogP contribution in [0.4, 0.5) is 4.39 Å². The lowest BCUT2D eigenvalue weighted by Crippen LogP contribution is -2.39. The maximum absolute atomic E-state index is 13.6. The van der Waals surface area contributed by atoms with Crippen molar-refractivity contribution in [2.24, 2.45) is 11.3 Å². The minimum Gasteiger partial charge on any atom is -0.310 e. The van der Waals surface area contributed by atoms with Crippen molar-refractivity contribution in [3.05, 3.63) is 35.6 Å². The van der Waals surface area contributed by atoms with E-state index in [2.05, 4.69) is 25.2 Å². The summed E-state index contributed by atoms with van der Waals surface area (Å²) < 4.78 is 13.6. The van der Waals surface area contributed by atoms with Crippen molar-refractivity contribution < 1.29 is 4.39 Å². The summed E-state index contributed by atoms with van der Waals surface area (Å²) in [5.74, 6) is 0.409. The van der Waals surface area contributed by atoms with Gasteiger partial charge >= 0.3 is 0 Å². The standard InChI is InChI=1S/C18H25FN2/c1-14(2)18(11-12-20)9-7-16(8-10-18)21-13-15-5-3-4-6-17(15)19/h3-6,14,16,21H,7-11,13H2,1-2H3/t16-,18+. The number of nitrogens with one attached hydrogen (secondary N) is 1. The van der Waals surface area contributed by atoms with Gasteiger partial charge in [0.25, 0.3) is 0 Å². The maximum Gasteiger partial charge on any atom is 0.127 e. The van der Waals surface area contributed by atoms with Crippen molar-refractivity contribution in [2.45, 2.75) is 58.5 Å². The van der Waals surface area contributed by atoms with E-state index in [1.54, 1.807) is 6.07 Å². The molecule has 2 rings (SSSR count). The first-order valence-electron chi connectivity index (χ1n) is 7.91. The zero-order valence-corrected chi connectivity index (χ0v) is 13.0. The summed E-state index contributed by atoms with van der Waals surface area (Å²) in [7, 11) is 0. The van der Waals surface area contributed by atoms with E-state index in [0.717, 1.165) is 31.2 Å². The lowest BCUT2D eigenvalue weighted by atomic mass is 9.64. The third kappa shape index (κ3) is 3.83. The van der Waals surface area contributed by atoms with Crippen LogP contribution in [0.15, 0.2) is 24.3 Å². The minimum absolute atomic E-state index is 0.137. The van der Waals surface area contributed by atoms with Crippen LogP contribution in [0, 0.1) is 28.5 Å². The highest BCUT2D eigenvalue weighted by atomic mass is 19.1. The SMILES string of the molecule is CC(C)[C@]1(CC#N)CC[C@H](NCc2ccccc2F)CC1. The van der Waals surface area contributed by atoms with Crippen LogP contribution in [0.2, 0.25) is 0 Å². The second-order valence-corrected chi connectivity index (χ2v) is 6.60. The number of nitrogens with zero attached hydrogens (tertiary/aromatic N) is 1. The van der Waals surface area contributed by atoms with Crippen LogP contribution >= 0.6 is 0 Å². The molecule has 0 saturated heterocycles. The lowest BCUT2D eigenvalue weighted by molar-refractivity contribution is 0.105. The van der Waals surface area contributed by atoms with E-state index in [1.807, 2.05) is 12.1 Å². The Morgan fingerprint density at radius 3 is 2.57 bits per heavy atom. The summed E-state index contributed by atoms with van der Waals surface area (Å²) in [5, 5.41) is 12.5. The summed E-state index contributed by atoms with van der Waals surface area (Å²) in [5.41, 5.74) is 0.917. The molecule has 0 heterocycles. The van der Waals surface area contributed by atoms with Crippen LogP contribution in [0.3, 0.4) is 0 Å². The molecule has 1 aliphatic rings. The molecule has 0 aromatic heterocycles. The highest BCUT2D eigenvalue weighted by Gasteiger charge is 2.37. The van der Waals surface area contributed by atoms with Crippen LogP contribution in [-0.2, 0) is 6.54 Å². The van der Waals surface area contributed by atoms with Gasteiger partial charge in [0.2, 0.25) is 0 Å². The van der Waals surface area contributed by atoms with E-state index >= 15 is 0 Å². The minimum atomic E-state index is -0.137. The molecule has 0 radical (unpaired) electrons. The maximum atomic E-state index is 13.6. The van der Waals surface area contributed by atoms with E-state index in [-0.39, 0.29) is 11.2 Å². The van der Waals surface area contributed by atoms with Gasteiger partial charge in [0.15, 0.2) is 0 Å². The van der Waals surface area contributed by atoms with E-state index < -0.39 is 0 Å². The molecule has 0 atom stereocenters. The van der Waals surface area contributed by atoms with E-state index in [1.165, 1.54) is 6.07 Å². The highest BCUT2D eigenvalue weighted by Crippen LogP contribution is 2.45. The summed E-state index contributed by atoms with van der Waals surface area (Å²) in [6, 6.07) is 9.74. The van der Waals surface area contributed by atoms with Crippen LogP contribution in [0.1, 0.15) is 51.5 Å². The summed E-state index contributed by atoms with van der Waals surface area (Å²) in [6.45, 7) is 5.04. The third-order valence-electron chi connectivity index (χ3n) is 5.18. The molecule has 0 spiro atoms. The smallest absolute Gasteiger partial charge is 0.127 e. The van der Waals surface area contributed by atoms with Crippen molar-refractivity contribution in [2.75, 3.05) is 0 Å². The molecule has 1 N–H and O–H groups in total. The van der Waals surface area contributed by atoms with Gasteiger partial charge in [-0.15, -0.1) is 0 Å². The largest absolute Gasteiger partial charge is 0.310 e. The summed E-state index contributed by atoms with van der Waals surface area (Å²) in [6.07, 6.45) is 4.99. The second kappa shape index (κ2) is 7.04. The molecule has 0 unspecified atom stereocenters. The number of rotatable bonds is 5. The fourth-order valence-corrected chi connectivity index (χ4v) is 3.41. The van der Waals surface area contributed by atoms with Gasteiger partial charge in [-0.25, -0.2) is 4.39 Å². The molecule has 1 fully saturated rings. The van der Waals surface area contributed by atoms with Crippen molar-refractivity contribution in [1.82, 2.24) is 5.32 Å². The molecular formula is C18H25FN2. The van der Waals surface area contributed by atoms with Crippen molar-refractivity contribution >= 4 is 0 Å². The first kappa shape index (κ1) is 16.0. The van der Waals surface area contributed by atoms with Gasteiger partial charge in [-0.3, -0.25) is 0 Å². The van der Waals surface area contributed by atoms with Crippen molar-refractivity contribution in [3.8, 4) is 6.07 Å². The summed E-state index contributed by atoms with van der Waals surface area (Å²) in [4.78, 5) is 0. The number of benzene rings is 1.